The van der Waals surface area contributed by atoms with E-state index >= 15 is 0 Å². The summed E-state index contributed by atoms with van der Waals surface area (Å²) in [5.41, 5.74) is 0. The Labute approximate surface area is 160 Å². The predicted molar refractivity (Wildman–Crippen MR) is 111 cm³/mol. The van der Waals surface area contributed by atoms with Gasteiger partial charge in [0.25, 0.3) is 0 Å². The summed E-state index contributed by atoms with van der Waals surface area (Å²) in [6.07, 6.45) is 11.9. The maximum atomic E-state index is 6.02. The highest BCUT2D eigenvalue weighted by Crippen LogP contribution is 2.19. The van der Waals surface area contributed by atoms with Crippen molar-refractivity contribution in [2.45, 2.75) is 90.7 Å². The van der Waals surface area contributed by atoms with Crippen LogP contribution in [0.2, 0.25) is 0 Å². The summed E-state index contributed by atoms with van der Waals surface area (Å²) in [5, 5.41) is 6.73. The van der Waals surface area contributed by atoms with E-state index in [0.717, 1.165) is 44.9 Å². The van der Waals surface area contributed by atoms with E-state index in [-0.39, 0.29) is 24.0 Å². The van der Waals surface area contributed by atoms with Crippen LogP contribution in [0.25, 0.3) is 0 Å². The molecule has 1 atom stereocenters. The van der Waals surface area contributed by atoms with Crippen molar-refractivity contribution in [1.82, 2.24) is 10.6 Å². The molecule has 0 spiro atoms. The Balaban J connectivity index is 0.00000484. The van der Waals surface area contributed by atoms with Gasteiger partial charge in [-0.1, -0.05) is 32.6 Å². The van der Waals surface area contributed by atoms with Crippen molar-refractivity contribution in [1.29, 1.82) is 0 Å². The van der Waals surface area contributed by atoms with E-state index in [0.29, 0.717) is 12.1 Å². The molecule has 0 aromatic carbocycles. The molecule has 1 aliphatic rings. The summed E-state index contributed by atoms with van der Waals surface area (Å²) in [6.45, 7) is 9.16. The third kappa shape index (κ3) is 12.0. The Bertz CT molecular complexity index is 292. The van der Waals surface area contributed by atoms with Crippen LogP contribution in [0.1, 0.15) is 78.6 Å². The van der Waals surface area contributed by atoms with Crippen molar-refractivity contribution in [3.8, 4) is 0 Å². The van der Waals surface area contributed by atoms with Gasteiger partial charge in [0.15, 0.2) is 5.96 Å². The number of aliphatic imine (C=N–C) groups is 1. The molecule has 0 amide bonds. The number of rotatable bonds is 9. The lowest BCUT2D eigenvalue weighted by molar-refractivity contribution is 0.0413. The molecule has 1 fully saturated rings. The first-order valence-electron chi connectivity index (χ1n) is 9.42. The molecule has 23 heavy (non-hydrogen) atoms. The Kier molecular flexibility index (Phi) is 15.5. The van der Waals surface area contributed by atoms with Crippen LogP contribution in [0.5, 0.6) is 0 Å². The molecule has 0 heterocycles. The SMILES string of the molecule is CCNC(=NCCCCOC1CCCCCC1)NC(C)CC.I. The van der Waals surface area contributed by atoms with Gasteiger partial charge in [0.1, 0.15) is 0 Å². The summed E-state index contributed by atoms with van der Waals surface area (Å²) < 4.78 is 6.02. The average Bonchev–Trinajstić information content (AvgIpc) is 2.79. The molecule has 1 saturated carbocycles. The van der Waals surface area contributed by atoms with Gasteiger partial charge in [-0.3, -0.25) is 4.99 Å². The first kappa shape index (κ1) is 23.0. The second kappa shape index (κ2) is 15.5. The lowest BCUT2D eigenvalue weighted by Gasteiger charge is -2.16. The van der Waals surface area contributed by atoms with Gasteiger partial charge < -0.3 is 15.4 Å². The average molecular weight is 439 g/mol. The Morgan fingerprint density at radius 2 is 1.83 bits per heavy atom. The highest BCUT2D eigenvalue weighted by atomic mass is 127. The van der Waals surface area contributed by atoms with Crippen LogP contribution in [-0.2, 0) is 4.74 Å². The van der Waals surface area contributed by atoms with E-state index in [1.165, 1.54) is 38.5 Å². The number of halogens is 1. The number of unbranched alkanes of at least 4 members (excludes halogenated alkanes) is 1. The van der Waals surface area contributed by atoms with Crippen molar-refractivity contribution in [3.63, 3.8) is 0 Å². The Hall–Kier alpha value is -0.0400. The van der Waals surface area contributed by atoms with E-state index in [1.54, 1.807) is 0 Å². The van der Waals surface area contributed by atoms with Crippen molar-refractivity contribution >= 4 is 29.9 Å². The van der Waals surface area contributed by atoms with E-state index in [1.807, 2.05) is 0 Å². The number of ether oxygens (including phenoxy) is 1. The van der Waals surface area contributed by atoms with Crippen LogP contribution in [0.4, 0.5) is 0 Å². The minimum atomic E-state index is 0. The second-order valence-electron chi connectivity index (χ2n) is 6.41. The van der Waals surface area contributed by atoms with Crippen molar-refractivity contribution in [2.75, 3.05) is 19.7 Å². The molecule has 0 aromatic heterocycles. The smallest absolute Gasteiger partial charge is 0.191 e. The van der Waals surface area contributed by atoms with Gasteiger partial charge in [-0.2, -0.15) is 0 Å². The summed E-state index contributed by atoms with van der Waals surface area (Å²) in [4.78, 5) is 4.64. The lowest BCUT2D eigenvalue weighted by Crippen LogP contribution is -2.42. The molecule has 4 nitrogen and oxygen atoms in total. The molecule has 0 radical (unpaired) electrons. The van der Waals surface area contributed by atoms with Gasteiger partial charge in [-0.25, -0.2) is 0 Å². The third-order valence-corrected chi connectivity index (χ3v) is 4.32. The highest BCUT2D eigenvalue weighted by Gasteiger charge is 2.11. The van der Waals surface area contributed by atoms with Gasteiger partial charge in [0, 0.05) is 25.7 Å². The number of hydrogen-bond donors (Lipinski definition) is 2. The third-order valence-electron chi connectivity index (χ3n) is 4.32. The number of nitrogens with one attached hydrogen (secondary N) is 2. The molecule has 1 aliphatic carbocycles. The van der Waals surface area contributed by atoms with Gasteiger partial charge in [-0.15, -0.1) is 24.0 Å². The Morgan fingerprint density at radius 1 is 1.13 bits per heavy atom. The van der Waals surface area contributed by atoms with Gasteiger partial charge in [0.2, 0.25) is 0 Å². The molecule has 0 saturated heterocycles. The van der Waals surface area contributed by atoms with Crippen molar-refractivity contribution in [2.24, 2.45) is 4.99 Å². The fourth-order valence-corrected chi connectivity index (χ4v) is 2.72. The van der Waals surface area contributed by atoms with E-state index < -0.39 is 0 Å². The normalized spacial score (nSPS) is 18.0. The predicted octanol–water partition coefficient (Wildman–Crippen LogP) is 4.48. The summed E-state index contributed by atoms with van der Waals surface area (Å²) >= 11 is 0. The van der Waals surface area contributed by atoms with E-state index in [2.05, 4.69) is 36.4 Å². The minimum Gasteiger partial charge on any atom is -0.378 e. The summed E-state index contributed by atoms with van der Waals surface area (Å²) in [7, 11) is 0. The monoisotopic (exact) mass is 439 g/mol. The molecule has 1 rings (SSSR count). The summed E-state index contributed by atoms with van der Waals surface area (Å²) in [6, 6.07) is 0.469. The molecule has 138 valence electrons. The highest BCUT2D eigenvalue weighted by molar-refractivity contribution is 14.0. The van der Waals surface area contributed by atoms with Crippen LogP contribution in [0, 0.1) is 0 Å². The number of guanidine groups is 1. The standard InChI is InChI=1S/C18H37N3O.HI/c1-4-16(3)21-18(19-5-2)20-14-10-11-15-22-17-12-8-6-7-9-13-17;/h16-17H,4-15H2,1-3H3,(H2,19,20,21);1H. The maximum absolute atomic E-state index is 6.02. The van der Waals surface area contributed by atoms with Crippen LogP contribution in [-0.4, -0.2) is 37.8 Å². The maximum Gasteiger partial charge on any atom is 0.191 e. The van der Waals surface area contributed by atoms with Crippen LogP contribution >= 0.6 is 24.0 Å². The molecular weight excluding hydrogens is 401 g/mol. The lowest BCUT2D eigenvalue weighted by atomic mass is 10.1. The fraction of sp³-hybridized carbons (Fsp3) is 0.944. The molecule has 0 aromatic rings. The fourth-order valence-electron chi connectivity index (χ4n) is 2.72. The van der Waals surface area contributed by atoms with Gasteiger partial charge in [0.05, 0.1) is 6.10 Å². The minimum absolute atomic E-state index is 0. The molecule has 0 aliphatic heterocycles. The molecule has 5 heteroatoms. The molecule has 1 unspecified atom stereocenters. The molecular formula is C18H38IN3O. The quantitative estimate of drug-likeness (QED) is 0.183. The number of nitrogens with zero attached hydrogens (tertiary/aromatic N) is 1. The zero-order valence-corrected chi connectivity index (χ0v) is 17.7. The van der Waals surface area contributed by atoms with Gasteiger partial charge in [-0.05, 0) is 46.0 Å². The zero-order chi connectivity index (χ0) is 16.0. The zero-order valence-electron chi connectivity index (χ0n) is 15.4. The first-order valence-corrected chi connectivity index (χ1v) is 9.42. The molecule has 2 N–H and O–H groups in total. The Morgan fingerprint density at radius 3 is 2.43 bits per heavy atom. The van der Waals surface area contributed by atoms with Crippen molar-refractivity contribution in [3.05, 3.63) is 0 Å². The van der Waals surface area contributed by atoms with E-state index in [4.69, 9.17) is 4.74 Å². The van der Waals surface area contributed by atoms with Crippen molar-refractivity contribution < 1.29 is 4.74 Å². The van der Waals surface area contributed by atoms with E-state index in [9.17, 15) is 0 Å². The van der Waals surface area contributed by atoms with Crippen LogP contribution in [0.3, 0.4) is 0 Å². The second-order valence-corrected chi connectivity index (χ2v) is 6.41. The topological polar surface area (TPSA) is 45.7 Å². The van der Waals surface area contributed by atoms with Crippen LogP contribution in [0.15, 0.2) is 4.99 Å². The largest absolute Gasteiger partial charge is 0.378 e. The number of hydrogen-bond acceptors (Lipinski definition) is 2. The first-order chi connectivity index (χ1) is 10.8. The van der Waals surface area contributed by atoms with Crippen LogP contribution < -0.4 is 10.6 Å². The molecule has 0 bridgehead atoms. The van der Waals surface area contributed by atoms with Gasteiger partial charge >= 0.3 is 0 Å². The summed E-state index contributed by atoms with van der Waals surface area (Å²) in [5.74, 6) is 0.946.